The zero-order valence-electron chi connectivity index (χ0n) is 9.62. The van der Waals surface area contributed by atoms with Gasteiger partial charge in [0, 0.05) is 6.04 Å². The van der Waals surface area contributed by atoms with Crippen molar-refractivity contribution in [2.24, 2.45) is 0 Å². The SMILES string of the molecule is CCN(Cc1ccc(CNC)o1)C1CC1. The summed E-state index contributed by atoms with van der Waals surface area (Å²) in [5.74, 6) is 2.12. The standard InChI is InChI=1S/C12H20N2O/c1-3-14(10-4-5-10)9-12-7-6-11(15-12)8-13-2/h6-7,10,13H,3-5,8-9H2,1-2H3. The molecule has 2 rings (SSSR count). The molecule has 3 nitrogen and oxygen atoms in total. The predicted molar refractivity (Wildman–Crippen MR) is 60.6 cm³/mol. The van der Waals surface area contributed by atoms with E-state index in [1.54, 1.807) is 0 Å². The van der Waals surface area contributed by atoms with Gasteiger partial charge < -0.3 is 9.73 Å². The molecule has 0 unspecified atom stereocenters. The van der Waals surface area contributed by atoms with Crippen LogP contribution in [0.1, 0.15) is 31.3 Å². The van der Waals surface area contributed by atoms with Crippen molar-refractivity contribution in [3.05, 3.63) is 23.7 Å². The van der Waals surface area contributed by atoms with Gasteiger partial charge in [-0.3, -0.25) is 4.90 Å². The lowest BCUT2D eigenvalue weighted by Gasteiger charge is -2.17. The smallest absolute Gasteiger partial charge is 0.118 e. The third-order valence-corrected chi connectivity index (χ3v) is 2.90. The van der Waals surface area contributed by atoms with Gasteiger partial charge in [0.25, 0.3) is 0 Å². The van der Waals surface area contributed by atoms with Crippen LogP contribution in [0.5, 0.6) is 0 Å². The Balaban J connectivity index is 1.90. The highest BCUT2D eigenvalue weighted by Gasteiger charge is 2.28. The van der Waals surface area contributed by atoms with E-state index >= 15 is 0 Å². The molecule has 0 aliphatic heterocycles. The van der Waals surface area contributed by atoms with Crippen LogP contribution in [-0.2, 0) is 13.1 Å². The highest BCUT2D eigenvalue weighted by molar-refractivity contribution is 5.07. The maximum Gasteiger partial charge on any atom is 0.118 e. The van der Waals surface area contributed by atoms with E-state index in [9.17, 15) is 0 Å². The largest absolute Gasteiger partial charge is 0.463 e. The Labute approximate surface area is 91.4 Å². The fraction of sp³-hybridized carbons (Fsp3) is 0.667. The molecular weight excluding hydrogens is 188 g/mol. The second-order valence-electron chi connectivity index (χ2n) is 4.19. The minimum atomic E-state index is 0.813. The van der Waals surface area contributed by atoms with E-state index in [-0.39, 0.29) is 0 Å². The van der Waals surface area contributed by atoms with Crippen molar-refractivity contribution in [2.75, 3.05) is 13.6 Å². The van der Waals surface area contributed by atoms with Crippen LogP contribution in [0.2, 0.25) is 0 Å². The summed E-state index contributed by atoms with van der Waals surface area (Å²) >= 11 is 0. The van der Waals surface area contributed by atoms with Gasteiger partial charge in [0.15, 0.2) is 0 Å². The molecule has 1 aliphatic carbocycles. The first-order valence-corrected chi connectivity index (χ1v) is 5.79. The first-order chi connectivity index (χ1) is 7.33. The molecule has 1 N–H and O–H groups in total. The molecule has 0 aromatic carbocycles. The summed E-state index contributed by atoms with van der Waals surface area (Å²) in [5, 5.41) is 3.09. The van der Waals surface area contributed by atoms with E-state index in [0.29, 0.717) is 0 Å². The first-order valence-electron chi connectivity index (χ1n) is 5.79. The van der Waals surface area contributed by atoms with Crippen molar-refractivity contribution >= 4 is 0 Å². The third kappa shape index (κ3) is 2.83. The van der Waals surface area contributed by atoms with Gasteiger partial charge in [0.2, 0.25) is 0 Å². The molecule has 1 aromatic heterocycles. The molecule has 3 heteroatoms. The zero-order chi connectivity index (χ0) is 10.7. The summed E-state index contributed by atoms with van der Waals surface area (Å²) < 4.78 is 5.73. The fourth-order valence-corrected chi connectivity index (χ4v) is 1.92. The van der Waals surface area contributed by atoms with Crippen LogP contribution < -0.4 is 5.32 Å². The number of nitrogens with zero attached hydrogens (tertiary/aromatic N) is 1. The zero-order valence-corrected chi connectivity index (χ0v) is 9.62. The Morgan fingerprint density at radius 2 is 2.13 bits per heavy atom. The second-order valence-corrected chi connectivity index (χ2v) is 4.19. The van der Waals surface area contributed by atoms with Crippen LogP contribution in [0.15, 0.2) is 16.5 Å². The van der Waals surface area contributed by atoms with Gasteiger partial charge in [0.1, 0.15) is 11.5 Å². The number of furan rings is 1. The Morgan fingerprint density at radius 3 is 2.73 bits per heavy atom. The van der Waals surface area contributed by atoms with Gasteiger partial charge in [-0.05, 0) is 38.6 Å². The lowest BCUT2D eigenvalue weighted by Crippen LogP contribution is -2.24. The van der Waals surface area contributed by atoms with Gasteiger partial charge in [0.05, 0.1) is 13.1 Å². The van der Waals surface area contributed by atoms with Crippen LogP contribution in [0, 0.1) is 0 Å². The summed E-state index contributed by atoms with van der Waals surface area (Å²) in [7, 11) is 1.94. The molecule has 0 bridgehead atoms. The normalized spacial score (nSPS) is 16.2. The molecule has 1 aromatic rings. The molecule has 1 heterocycles. The van der Waals surface area contributed by atoms with Crippen LogP contribution in [0.4, 0.5) is 0 Å². The third-order valence-electron chi connectivity index (χ3n) is 2.90. The topological polar surface area (TPSA) is 28.4 Å². The summed E-state index contributed by atoms with van der Waals surface area (Å²) in [6.07, 6.45) is 2.72. The fourth-order valence-electron chi connectivity index (χ4n) is 1.92. The van der Waals surface area contributed by atoms with Crippen molar-refractivity contribution in [1.82, 2.24) is 10.2 Å². The van der Waals surface area contributed by atoms with Crippen molar-refractivity contribution in [2.45, 2.75) is 38.9 Å². The highest BCUT2D eigenvalue weighted by Crippen LogP contribution is 2.28. The Morgan fingerprint density at radius 1 is 1.40 bits per heavy atom. The molecule has 1 fully saturated rings. The molecule has 0 atom stereocenters. The molecule has 1 saturated carbocycles. The van der Waals surface area contributed by atoms with Gasteiger partial charge in [-0.1, -0.05) is 6.92 Å². The van der Waals surface area contributed by atoms with Crippen molar-refractivity contribution in [3.63, 3.8) is 0 Å². The van der Waals surface area contributed by atoms with Gasteiger partial charge in [-0.2, -0.15) is 0 Å². The summed E-state index contributed by atoms with van der Waals surface area (Å²) in [5.41, 5.74) is 0. The van der Waals surface area contributed by atoms with E-state index in [1.165, 1.54) is 12.8 Å². The van der Waals surface area contributed by atoms with E-state index < -0.39 is 0 Å². The van der Waals surface area contributed by atoms with E-state index in [1.807, 2.05) is 7.05 Å². The summed E-state index contributed by atoms with van der Waals surface area (Å²) in [6.45, 7) is 5.11. The Bertz CT molecular complexity index is 304. The van der Waals surface area contributed by atoms with Crippen LogP contribution in [-0.4, -0.2) is 24.5 Å². The molecule has 1 aliphatic rings. The van der Waals surface area contributed by atoms with Gasteiger partial charge in [-0.15, -0.1) is 0 Å². The Kier molecular flexibility index (Phi) is 3.44. The number of hydrogen-bond acceptors (Lipinski definition) is 3. The molecule has 84 valence electrons. The summed E-state index contributed by atoms with van der Waals surface area (Å²) in [6, 6.07) is 4.97. The van der Waals surface area contributed by atoms with Gasteiger partial charge in [-0.25, -0.2) is 0 Å². The Hall–Kier alpha value is -0.800. The van der Waals surface area contributed by atoms with Gasteiger partial charge >= 0.3 is 0 Å². The van der Waals surface area contributed by atoms with Crippen LogP contribution in [0.25, 0.3) is 0 Å². The molecule has 0 radical (unpaired) electrons. The molecule has 15 heavy (non-hydrogen) atoms. The predicted octanol–water partition coefficient (Wildman–Crippen LogP) is 1.98. The van der Waals surface area contributed by atoms with E-state index in [0.717, 1.165) is 37.2 Å². The molecular formula is C12H20N2O. The average Bonchev–Trinajstić information content (AvgIpc) is 2.98. The second kappa shape index (κ2) is 4.81. The summed E-state index contributed by atoms with van der Waals surface area (Å²) in [4.78, 5) is 2.49. The molecule has 0 amide bonds. The number of hydrogen-bond donors (Lipinski definition) is 1. The highest BCUT2D eigenvalue weighted by atomic mass is 16.3. The minimum absolute atomic E-state index is 0.813. The maximum absolute atomic E-state index is 5.73. The average molecular weight is 208 g/mol. The lowest BCUT2D eigenvalue weighted by molar-refractivity contribution is 0.243. The van der Waals surface area contributed by atoms with Crippen molar-refractivity contribution in [1.29, 1.82) is 0 Å². The van der Waals surface area contributed by atoms with Crippen LogP contribution in [0.3, 0.4) is 0 Å². The molecule has 0 saturated heterocycles. The number of nitrogens with one attached hydrogen (secondary N) is 1. The number of rotatable bonds is 6. The van der Waals surface area contributed by atoms with E-state index in [2.05, 4.69) is 29.3 Å². The van der Waals surface area contributed by atoms with Crippen molar-refractivity contribution in [3.8, 4) is 0 Å². The lowest BCUT2D eigenvalue weighted by atomic mass is 10.3. The van der Waals surface area contributed by atoms with Crippen LogP contribution >= 0.6 is 0 Å². The maximum atomic E-state index is 5.73. The first kappa shape index (κ1) is 10.7. The van der Waals surface area contributed by atoms with E-state index in [4.69, 9.17) is 4.42 Å². The monoisotopic (exact) mass is 208 g/mol. The minimum Gasteiger partial charge on any atom is -0.463 e. The quantitative estimate of drug-likeness (QED) is 0.775. The van der Waals surface area contributed by atoms with Crippen molar-refractivity contribution < 1.29 is 4.42 Å². The molecule has 0 spiro atoms.